The number of ether oxygens (including phenoxy) is 2. The molecule has 4 heterocycles. The zero-order chi connectivity index (χ0) is 34.0. The molecule has 48 heavy (non-hydrogen) atoms. The first kappa shape index (κ1) is 33.6. The second-order valence-electron chi connectivity index (χ2n) is 13.4. The normalized spacial score (nSPS) is 32.5. The molecule has 0 unspecified atom stereocenters. The molecule has 0 aliphatic carbocycles. The van der Waals surface area contributed by atoms with Crippen molar-refractivity contribution in [2.45, 2.75) is 82.5 Å². The van der Waals surface area contributed by atoms with Crippen molar-refractivity contribution in [1.82, 2.24) is 15.1 Å². The maximum atomic E-state index is 14.9. The zero-order valence-electron chi connectivity index (χ0n) is 27.7. The second kappa shape index (κ2) is 14.1. The number of rotatable bonds is 7. The quantitative estimate of drug-likeness (QED) is 0.344. The van der Waals surface area contributed by atoms with Crippen LogP contribution in [0, 0.1) is 17.8 Å². The van der Waals surface area contributed by atoms with Gasteiger partial charge in [-0.15, -0.1) is 0 Å². The first-order chi connectivity index (χ1) is 23.2. The number of carbonyl (C=O) groups excluding carboxylic acids is 4. The van der Waals surface area contributed by atoms with Gasteiger partial charge in [0, 0.05) is 19.5 Å². The molecule has 6 rings (SSSR count). The van der Waals surface area contributed by atoms with E-state index in [1.165, 1.54) is 4.90 Å². The van der Waals surface area contributed by atoms with Crippen LogP contribution in [0.25, 0.3) is 0 Å². The third-order valence-electron chi connectivity index (χ3n) is 10.4. The van der Waals surface area contributed by atoms with Crippen LogP contribution in [0.2, 0.25) is 0 Å². The number of aliphatic hydroxyl groups is 1. The van der Waals surface area contributed by atoms with Crippen molar-refractivity contribution in [3.8, 4) is 0 Å². The van der Waals surface area contributed by atoms with Gasteiger partial charge < -0.3 is 29.7 Å². The number of fused-ring (bicyclic) bond motifs is 2. The van der Waals surface area contributed by atoms with Crippen molar-refractivity contribution >= 4 is 23.7 Å². The topological polar surface area (TPSA) is 125 Å². The molecule has 10 nitrogen and oxygen atoms in total. The summed E-state index contributed by atoms with van der Waals surface area (Å²) < 4.78 is 13.1. The minimum atomic E-state index is -1.48. The Labute approximate surface area is 281 Å². The van der Waals surface area contributed by atoms with E-state index in [1.54, 1.807) is 30.1 Å². The molecule has 254 valence electrons. The Kier molecular flexibility index (Phi) is 9.85. The number of nitrogens with one attached hydrogen (secondary N) is 1. The van der Waals surface area contributed by atoms with E-state index in [9.17, 15) is 24.3 Å². The van der Waals surface area contributed by atoms with Gasteiger partial charge in [0.05, 0.1) is 30.7 Å². The molecule has 10 heteroatoms. The molecule has 0 bridgehead atoms. The first-order valence-electron chi connectivity index (χ1n) is 17.0. The van der Waals surface area contributed by atoms with E-state index < -0.39 is 59.6 Å². The molecule has 2 saturated heterocycles. The molecule has 0 aromatic heterocycles. The van der Waals surface area contributed by atoms with Crippen LogP contribution in [0.4, 0.5) is 0 Å². The van der Waals surface area contributed by atoms with Crippen LogP contribution in [-0.2, 0) is 35.2 Å². The lowest BCUT2D eigenvalue weighted by Gasteiger charge is -2.40. The molecule has 1 spiro atoms. The Bertz CT molecular complexity index is 1560. The molecule has 2 N–H and O–H groups in total. The van der Waals surface area contributed by atoms with Crippen molar-refractivity contribution in [3.63, 3.8) is 0 Å². The van der Waals surface area contributed by atoms with Crippen LogP contribution >= 0.6 is 0 Å². The lowest BCUT2D eigenvalue weighted by molar-refractivity contribution is -0.162. The summed E-state index contributed by atoms with van der Waals surface area (Å²) in [6.07, 6.45) is 6.73. The van der Waals surface area contributed by atoms with E-state index >= 15 is 0 Å². The molecule has 3 amide bonds. The Hall–Kier alpha value is -4.28. The highest BCUT2D eigenvalue weighted by Gasteiger charge is 2.72. The molecular weight excluding hydrogens is 610 g/mol. The van der Waals surface area contributed by atoms with E-state index in [0.29, 0.717) is 24.9 Å². The highest BCUT2D eigenvalue weighted by molar-refractivity contribution is 5.99. The van der Waals surface area contributed by atoms with Gasteiger partial charge in [0.15, 0.2) is 0 Å². The minimum absolute atomic E-state index is 0.136. The van der Waals surface area contributed by atoms with Crippen molar-refractivity contribution < 1.29 is 33.8 Å². The molecule has 2 aromatic rings. The third-order valence-corrected chi connectivity index (χ3v) is 10.4. The fourth-order valence-electron chi connectivity index (χ4n) is 7.81. The molecule has 4 aliphatic rings. The molecule has 9 atom stereocenters. The third kappa shape index (κ3) is 6.07. The maximum absolute atomic E-state index is 14.9. The average molecular weight is 656 g/mol. The number of cyclic esters (lactones) is 1. The number of hydrogen-bond acceptors (Lipinski definition) is 7. The summed E-state index contributed by atoms with van der Waals surface area (Å²) in [4.78, 5) is 60.1. The smallest absolute Gasteiger partial charge is 0.313 e. The van der Waals surface area contributed by atoms with E-state index in [1.807, 2.05) is 80.6 Å². The van der Waals surface area contributed by atoms with Gasteiger partial charge in [0.1, 0.15) is 23.7 Å². The summed E-state index contributed by atoms with van der Waals surface area (Å²) in [5.74, 6) is -3.84. The predicted octanol–water partition coefficient (Wildman–Crippen LogP) is 3.71. The number of allylic oxidation sites excluding steroid dienone is 1. The van der Waals surface area contributed by atoms with Crippen LogP contribution in [0.3, 0.4) is 0 Å². The lowest BCUT2D eigenvalue weighted by atomic mass is 9.77. The van der Waals surface area contributed by atoms with Gasteiger partial charge in [-0.1, -0.05) is 105 Å². The average Bonchev–Trinajstić information content (AvgIpc) is 3.48. The highest BCUT2D eigenvalue weighted by Crippen LogP contribution is 2.54. The number of nitrogens with zero attached hydrogens (tertiary/aromatic N) is 2. The van der Waals surface area contributed by atoms with Crippen molar-refractivity contribution in [1.29, 1.82) is 0 Å². The largest absolute Gasteiger partial charge is 0.455 e. The number of amides is 3. The molecule has 2 aromatic carbocycles. The van der Waals surface area contributed by atoms with E-state index in [-0.39, 0.29) is 37.3 Å². The number of esters is 1. The van der Waals surface area contributed by atoms with Crippen LogP contribution in [0.5, 0.6) is 0 Å². The van der Waals surface area contributed by atoms with Crippen molar-refractivity contribution in [2.24, 2.45) is 17.8 Å². The molecule has 0 radical (unpaired) electrons. The predicted molar refractivity (Wildman–Crippen MR) is 178 cm³/mol. The van der Waals surface area contributed by atoms with Crippen LogP contribution < -0.4 is 5.32 Å². The van der Waals surface area contributed by atoms with Crippen LogP contribution in [-0.4, -0.2) is 81.6 Å². The van der Waals surface area contributed by atoms with Crippen molar-refractivity contribution in [3.05, 3.63) is 96.1 Å². The maximum Gasteiger partial charge on any atom is 0.313 e. The number of aliphatic hydroxyl groups excluding tert-OH is 1. The fraction of sp³-hybridized carbons (Fsp3) is 0.474. The fourth-order valence-corrected chi connectivity index (χ4v) is 7.81. The van der Waals surface area contributed by atoms with Gasteiger partial charge in [-0.25, -0.2) is 0 Å². The van der Waals surface area contributed by atoms with Gasteiger partial charge in [0.25, 0.3) is 0 Å². The van der Waals surface area contributed by atoms with Crippen LogP contribution in [0.1, 0.15) is 57.3 Å². The second-order valence-corrected chi connectivity index (χ2v) is 13.4. The monoisotopic (exact) mass is 655 g/mol. The summed E-state index contributed by atoms with van der Waals surface area (Å²) in [7, 11) is 0. The number of benzene rings is 2. The summed E-state index contributed by atoms with van der Waals surface area (Å²) >= 11 is 0. The number of carbonyl (C=O) groups is 4. The van der Waals surface area contributed by atoms with Crippen LogP contribution in [0.15, 0.2) is 85.0 Å². The lowest BCUT2D eigenvalue weighted by Crippen LogP contribution is -2.59. The number of hydrogen-bond donors (Lipinski definition) is 2. The Morgan fingerprint density at radius 3 is 2.40 bits per heavy atom. The first-order valence-corrected chi connectivity index (χ1v) is 17.0. The Morgan fingerprint density at radius 1 is 1.00 bits per heavy atom. The summed E-state index contributed by atoms with van der Waals surface area (Å²) in [5, 5.41) is 13.7. The Morgan fingerprint density at radius 2 is 1.71 bits per heavy atom. The summed E-state index contributed by atoms with van der Waals surface area (Å²) in [6.45, 7) is 5.98. The minimum Gasteiger partial charge on any atom is -0.455 e. The Balaban J connectivity index is 1.45. The van der Waals surface area contributed by atoms with Gasteiger partial charge in [-0.2, -0.15) is 0 Å². The van der Waals surface area contributed by atoms with Gasteiger partial charge >= 0.3 is 5.97 Å². The zero-order valence-corrected chi connectivity index (χ0v) is 27.7. The summed E-state index contributed by atoms with van der Waals surface area (Å²) in [6, 6.07) is 16.5. The summed E-state index contributed by atoms with van der Waals surface area (Å²) in [5.41, 5.74) is 0.154. The van der Waals surface area contributed by atoms with E-state index in [0.717, 1.165) is 5.56 Å². The molecular formula is C38H45N3O7. The molecule has 4 aliphatic heterocycles. The number of likely N-dealkylation sites (tertiary alicyclic amines) is 1. The van der Waals surface area contributed by atoms with Gasteiger partial charge in [-0.05, 0) is 30.4 Å². The standard InChI is InChI=1S/C38H45N3O7/c1-4-24(2)28(23-42)41-34-36(45)40(22-26-14-7-5-8-15-26)21-13-20-38(34)32(35(41)44)31-29(48-38)18-11-12-19-30(43)39-25(3)33(47-37(31)46)27-16-9-6-10-17-27/h5-11,13-18,20,24-25,28-29,31-34,42H,4,12,19,21-23H2,1-3H3,(H,39,43)/b18-11-/t24-,25+,28-,29+,31-,32-,33-,34+,38-/m0/s1. The van der Waals surface area contributed by atoms with E-state index in [4.69, 9.17) is 9.47 Å². The molecule has 2 fully saturated rings. The van der Waals surface area contributed by atoms with Gasteiger partial charge in [-0.3, -0.25) is 19.2 Å². The SMILES string of the molecule is CC[C@H](C)[C@H](CO)N1C(=O)[C@@H]2[C@H]3C(=O)O[C@H](c4ccccc4)[C@@H](C)NC(=O)CC/C=C\[C@H]3O[C@@]23C=CCN(Cc2ccccc2)C(=O)[C@@H]13. The van der Waals surface area contributed by atoms with E-state index in [2.05, 4.69) is 5.32 Å². The molecule has 0 saturated carbocycles. The van der Waals surface area contributed by atoms with Crippen molar-refractivity contribution in [2.75, 3.05) is 13.2 Å². The highest BCUT2D eigenvalue weighted by atomic mass is 16.6. The van der Waals surface area contributed by atoms with Gasteiger partial charge in [0.2, 0.25) is 17.7 Å².